The summed E-state index contributed by atoms with van der Waals surface area (Å²) < 4.78 is 70.8. The monoisotopic (exact) mass is 662 g/mol. The first kappa shape index (κ1) is 31.2. The van der Waals surface area contributed by atoms with Crippen molar-refractivity contribution in [1.82, 2.24) is 23.9 Å². The molecule has 5 heterocycles. The highest BCUT2D eigenvalue weighted by atomic mass is 35.5. The molecular weight excluding hydrogens is 633 g/mol. The molecule has 238 valence electrons. The Balaban J connectivity index is 1.41. The number of halogens is 4. The fourth-order valence-corrected chi connectivity index (χ4v) is 8.27. The lowest BCUT2D eigenvalue weighted by molar-refractivity contribution is -0.145. The van der Waals surface area contributed by atoms with Gasteiger partial charge in [0.2, 0.25) is 15.8 Å². The number of anilines is 1. The van der Waals surface area contributed by atoms with Crippen molar-refractivity contribution in [2.45, 2.75) is 69.1 Å². The normalized spacial score (nSPS) is 19.2. The van der Waals surface area contributed by atoms with E-state index in [1.807, 2.05) is 0 Å². The summed E-state index contributed by atoms with van der Waals surface area (Å²) in [6, 6.07) is 7.91. The summed E-state index contributed by atoms with van der Waals surface area (Å²) in [4.78, 5) is 18.8. The number of benzene rings is 1. The van der Waals surface area contributed by atoms with Gasteiger partial charge in [0.1, 0.15) is 10.7 Å². The summed E-state index contributed by atoms with van der Waals surface area (Å²) in [5.41, 5.74) is 2.46. The lowest BCUT2D eigenvalue weighted by Gasteiger charge is -2.36. The molecule has 0 bridgehead atoms. The predicted octanol–water partition coefficient (Wildman–Crippen LogP) is 5.58. The van der Waals surface area contributed by atoms with Crippen molar-refractivity contribution in [1.29, 1.82) is 0 Å². The fourth-order valence-electron chi connectivity index (χ4n) is 6.40. The Morgan fingerprint density at radius 1 is 1.16 bits per heavy atom. The van der Waals surface area contributed by atoms with Crippen molar-refractivity contribution >= 4 is 39.1 Å². The molecule has 0 radical (unpaired) electrons. The second-order valence-electron chi connectivity index (χ2n) is 11.6. The number of piperidine rings is 1. The molecule has 0 aliphatic carbocycles. The van der Waals surface area contributed by atoms with Crippen LogP contribution in [0.15, 0.2) is 47.6 Å². The number of hydrogen-bond acceptors (Lipinski definition) is 7. The second-order valence-corrected chi connectivity index (χ2v) is 13.9. The Bertz CT molecular complexity index is 1920. The van der Waals surface area contributed by atoms with Crippen molar-refractivity contribution in [3.8, 4) is 0 Å². The molecule has 0 amide bonds. The van der Waals surface area contributed by atoms with E-state index in [9.17, 15) is 31.5 Å². The topological polar surface area (TPSA) is 121 Å². The molecule has 4 aromatic rings. The van der Waals surface area contributed by atoms with Crippen LogP contribution in [0, 0.1) is 13.8 Å². The highest BCUT2D eigenvalue weighted by Crippen LogP contribution is 2.39. The zero-order valence-corrected chi connectivity index (χ0v) is 26.0. The summed E-state index contributed by atoms with van der Waals surface area (Å²) in [6.45, 7) is 4.21. The molecule has 1 unspecified atom stereocenters. The third kappa shape index (κ3) is 5.74. The molecule has 1 aromatic carbocycles. The number of sulfonamides is 1. The lowest BCUT2D eigenvalue weighted by atomic mass is 9.86. The van der Waals surface area contributed by atoms with Gasteiger partial charge in [0.25, 0.3) is 0 Å². The van der Waals surface area contributed by atoms with E-state index in [-0.39, 0.29) is 36.1 Å². The number of alkyl halides is 3. The van der Waals surface area contributed by atoms with Gasteiger partial charge in [-0.25, -0.2) is 13.4 Å². The summed E-state index contributed by atoms with van der Waals surface area (Å²) >= 11 is 6.63. The highest BCUT2D eigenvalue weighted by Gasteiger charge is 2.40. The number of carboxylic acid groups (broad SMARTS) is 1. The molecule has 15 heteroatoms. The third-order valence-electron chi connectivity index (χ3n) is 8.59. The van der Waals surface area contributed by atoms with Gasteiger partial charge in [-0.2, -0.15) is 17.5 Å². The number of carboxylic acids is 1. The number of aryl methyl sites for hydroxylation is 2. The van der Waals surface area contributed by atoms with Gasteiger partial charge in [-0.1, -0.05) is 23.7 Å². The van der Waals surface area contributed by atoms with Gasteiger partial charge < -0.3 is 10.0 Å². The predicted molar refractivity (Wildman–Crippen MR) is 160 cm³/mol. The van der Waals surface area contributed by atoms with Crippen LogP contribution in [0.1, 0.15) is 65.2 Å². The van der Waals surface area contributed by atoms with E-state index in [1.165, 1.54) is 16.6 Å². The molecule has 3 aromatic heterocycles. The van der Waals surface area contributed by atoms with Gasteiger partial charge in [-0.15, -0.1) is 10.2 Å². The Hall–Kier alpha value is -3.75. The smallest absolute Gasteiger partial charge is 0.452 e. The van der Waals surface area contributed by atoms with Crippen molar-refractivity contribution < 1.29 is 31.5 Å². The molecule has 0 spiro atoms. The van der Waals surface area contributed by atoms with Crippen molar-refractivity contribution in [3.63, 3.8) is 0 Å². The van der Waals surface area contributed by atoms with Crippen molar-refractivity contribution in [3.05, 3.63) is 81.4 Å². The molecule has 1 saturated heterocycles. The van der Waals surface area contributed by atoms with Crippen molar-refractivity contribution in [2.24, 2.45) is 0 Å². The summed E-state index contributed by atoms with van der Waals surface area (Å²) in [5, 5.41) is 17.2. The first-order chi connectivity index (χ1) is 21.3. The average molecular weight is 663 g/mol. The van der Waals surface area contributed by atoms with Gasteiger partial charge in [-0.3, -0.25) is 9.20 Å². The van der Waals surface area contributed by atoms with E-state index < -0.39 is 33.9 Å². The van der Waals surface area contributed by atoms with Crippen LogP contribution in [-0.4, -0.2) is 62.5 Å². The molecule has 6 rings (SSSR count). The first-order valence-corrected chi connectivity index (χ1v) is 16.2. The zero-order chi connectivity index (χ0) is 32.3. The van der Waals surface area contributed by atoms with Crippen LogP contribution in [-0.2, 0) is 27.5 Å². The minimum atomic E-state index is -4.73. The van der Waals surface area contributed by atoms with E-state index >= 15 is 0 Å². The number of hydrogen-bond donors (Lipinski definition) is 1. The molecule has 2 atom stereocenters. The fraction of sp³-hybridized carbons (Fsp3) is 0.400. The van der Waals surface area contributed by atoms with Gasteiger partial charge in [0.15, 0.2) is 5.65 Å². The molecule has 45 heavy (non-hydrogen) atoms. The molecule has 2 aliphatic heterocycles. The molecular formula is C30H30ClF3N6O4S. The van der Waals surface area contributed by atoms with Crippen LogP contribution in [0.2, 0.25) is 5.02 Å². The number of rotatable bonds is 6. The Kier molecular flexibility index (Phi) is 8.02. The van der Waals surface area contributed by atoms with E-state index in [2.05, 4.69) is 20.1 Å². The van der Waals surface area contributed by atoms with Crippen LogP contribution in [0.3, 0.4) is 0 Å². The quantitative estimate of drug-likeness (QED) is 0.284. The molecule has 0 saturated carbocycles. The maximum absolute atomic E-state index is 14.1. The Morgan fingerprint density at radius 2 is 1.93 bits per heavy atom. The van der Waals surface area contributed by atoms with E-state index in [1.54, 1.807) is 44.3 Å². The molecule has 10 nitrogen and oxygen atoms in total. The molecule has 1 N–H and O–H groups in total. The molecule has 2 aliphatic rings. The maximum Gasteiger partial charge on any atom is 0.452 e. The van der Waals surface area contributed by atoms with Gasteiger partial charge >= 0.3 is 12.1 Å². The first-order valence-electron chi connectivity index (χ1n) is 14.4. The number of aliphatic carboxylic acids is 1. The molecule has 1 fully saturated rings. The maximum atomic E-state index is 14.1. The van der Waals surface area contributed by atoms with Crippen LogP contribution < -0.4 is 4.90 Å². The van der Waals surface area contributed by atoms with Crippen LogP contribution in [0.4, 0.5) is 19.0 Å². The number of pyridine rings is 2. The van der Waals surface area contributed by atoms with Gasteiger partial charge in [-0.05, 0) is 79.1 Å². The van der Waals surface area contributed by atoms with Crippen LogP contribution in [0.25, 0.3) is 5.65 Å². The summed E-state index contributed by atoms with van der Waals surface area (Å²) in [5.74, 6) is -2.66. The van der Waals surface area contributed by atoms with Gasteiger partial charge in [0.05, 0.1) is 6.42 Å². The number of nitrogens with zero attached hydrogens (tertiary/aromatic N) is 6. The average Bonchev–Trinajstić information content (AvgIpc) is 3.40. The zero-order valence-electron chi connectivity index (χ0n) is 24.4. The van der Waals surface area contributed by atoms with Crippen LogP contribution in [0.5, 0.6) is 0 Å². The standard InChI is InChI=1S/C30H30ClF3N6O4S/c1-17-11-25-28(35-14-17)39-9-4-3-5-21(39)16-38(45(25,43)44)15-20-12-19(6-7-24(20)31)23(13-26(41)42)22-8-10-40-27(18(22)2)36-37-29(40)30(32,33)34/h6-8,10-12,14,21,23H,3-5,9,13,15-16H2,1-2H3,(H,41,42)/t21?,23-/m0/s1. The minimum Gasteiger partial charge on any atom is -0.481 e. The number of fused-ring (bicyclic) bond motifs is 4. The van der Waals surface area contributed by atoms with E-state index in [0.29, 0.717) is 45.2 Å². The largest absolute Gasteiger partial charge is 0.481 e. The number of carbonyl (C=O) groups is 1. The Morgan fingerprint density at radius 3 is 2.67 bits per heavy atom. The minimum absolute atomic E-state index is 0.0420. The highest BCUT2D eigenvalue weighted by molar-refractivity contribution is 7.89. The van der Waals surface area contributed by atoms with Gasteiger partial charge in [0, 0.05) is 49.0 Å². The second kappa shape index (κ2) is 11.6. The lowest BCUT2D eigenvalue weighted by Crippen LogP contribution is -2.45. The van der Waals surface area contributed by atoms with Crippen LogP contribution >= 0.6 is 11.6 Å². The number of aromatic nitrogens is 4. The van der Waals surface area contributed by atoms with E-state index in [0.717, 1.165) is 23.7 Å². The summed E-state index contributed by atoms with van der Waals surface area (Å²) in [7, 11) is -3.99. The van der Waals surface area contributed by atoms with Crippen molar-refractivity contribution in [2.75, 3.05) is 18.0 Å². The SMILES string of the molecule is Cc1cnc2c(c1)S(=O)(=O)N(Cc1cc([C@H](CC(=O)O)c3ccn4c(C(F)(F)F)nnc4c3C)ccc1Cl)CC1CCCCN21. The third-order valence-corrected chi connectivity index (χ3v) is 10.8. The summed E-state index contributed by atoms with van der Waals surface area (Å²) in [6.07, 6.45) is 0.439. The van der Waals surface area contributed by atoms with E-state index in [4.69, 9.17) is 11.6 Å². The Labute approximate surface area is 262 Å².